The molecule has 0 bridgehead atoms. The quantitative estimate of drug-likeness (QED) is 0.318. The van der Waals surface area contributed by atoms with E-state index in [0.717, 1.165) is 38.2 Å². The van der Waals surface area contributed by atoms with E-state index in [1.165, 1.54) is 17.3 Å². The normalized spacial score (nSPS) is 23.6. The molecule has 19 heavy (non-hydrogen) atoms. The van der Waals surface area contributed by atoms with Crippen LogP contribution in [0.4, 0.5) is 0 Å². The molecule has 0 aromatic heterocycles. The third-order valence-electron chi connectivity index (χ3n) is 3.57. The Hall–Kier alpha value is 0.960. The molecule has 1 N–H and O–H groups in total. The first-order chi connectivity index (χ1) is 9.20. The van der Waals surface area contributed by atoms with E-state index in [2.05, 4.69) is 13.8 Å². The van der Waals surface area contributed by atoms with E-state index in [1.54, 1.807) is 0 Å². The minimum atomic E-state index is 0.0468. The molecule has 116 valence electrons. The Labute approximate surface area is 133 Å². The monoisotopic (exact) mass is 403 g/mol. The average Bonchev–Trinajstić information content (AvgIpc) is 2.44. The summed E-state index contributed by atoms with van der Waals surface area (Å²) in [5, 5.41) is 9.05. The molecule has 5 heteroatoms. The summed E-state index contributed by atoms with van der Waals surface area (Å²) in [5.41, 5.74) is 0.607. The van der Waals surface area contributed by atoms with Crippen molar-refractivity contribution in [3.8, 4) is 0 Å². The van der Waals surface area contributed by atoms with Gasteiger partial charge in [0.15, 0.2) is 0 Å². The fourth-order valence-corrected chi connectivity index (χ4v) is 5.26. The predicted molar refractivity (Wildman–Crippen MR) is 77.0 cm³/mol. The van der Waals surface area contributed by atoms with Crippen molar-refractivity contribution in [3.05, 3.63) is 0 Å². The van der Waals surface area contributed by atoms with Crippen LogP contribution < -0.4 is 21.6 Å². The third-order valence-corrected chi connectivity index (χ3v) is 7.32. The van der Waals surface area contributed by atoms with Crippen LogP contribution in [0.2, 0.25) is 0 Å². The van der Waals surface area contributed by atoms with Crippen LogP contribution in [0.3, 0.4) is 0 Å². The molecule has 1 aliphatic heterocycles. The summed E-state index contributed by atoms with van der Waals surface area (Å²) in [6.07, 6.45) is 5.58. The number of thioether (sulfide) groups is 1. The van der Waals surface area contributed by atoms with Crippen LogP contribution >= 0.6 is 11.8 Å². The summed E-state index contributed by atoms with van der Waals surface area (Å²) in [6, 6.07) is 0. The van der Waals surface area contributed by atoms with Gasteiger partial charge in [-0.25, -0.2) is 0 Å². The fraction of sp³-hybridized carbons (Fsp3) is 1.00. The molecule has 2 unspecified atom stereocenters. The van der Waals surface area contributed by atoms with Crippen LogP contribution in [0.5, 0.6) is 0 Å². The molecule has 0 aliphatic carbocycles. The third kappa shape index (κ3) is 8.09. The molecule has 0 saturated carbocycles. The van der Waals surface area contributed by atoms with Crippen molar-refractivity contribution in [2.45, 2.75) is 51.4 Å². The second-order valence-electron chi connectivity index (χ2n) is 5.37. The minimum absolute atomic E-state index is 0.0468. The molecule has 1 fully saturated rings. The Bertz CT molecular complexity index is 225. The predicted octanol–water partition coefficient (Wildman–Crippen LogP) is 0.0655. The number of hydrogen-bond donors (Lipinski definition) is 1. The Balaban J connectivity index is 1.98. The summed E-state index contributed by atoms with van der Waals surface area (Å²) in [7, 11) is 0. The first kappa shape index (κ1) is 18.0. The van der Waals surface area contributed by atoms with Gasteiger partial charge in [-0.05, 0) is 0 Å². The van der Waals surface area contributed by atoms with Gasteiger partial charge in [0.25, 0.3) is 0 Å². The van der Waals surface area contributed by atoms with E-state index in [-0.39, 0.29) is 33.6 Å². The van der Waals surface area contributed by atoms with Crippen LogP contribution in [0, 0.1) is 5.41 Å². The average molecular weight is 403 g/mol. The van der Waals surface area contributed by atoms with Crippen LogP contribution in [0.1, 0.15) is 46.0 Å². The molecule has 1 aliphatic rings. The van der Waals surface area contributed by atoms with E-state index in [9.17, 15) is 0 Å². The molecule has 0 spiro atoms. The maximum atomic E-state index is 9.05. The molecule has 0 amide bonds. The number of alkyl halides is 1. The first-order valence-electron chi connectivity index (χ1n) is 7.25. The van der Waals surface area contributed by atoms with Crippen molar-refractivity contribution in [2.24, 2.45) is 5.41 Å². The zero-order chi connectivity index (χ0) is 14.0. The van der Waals surface area contributed by atoms with Crippen LogP contribution in [0.15, 0.2) is 0 Å². The Morgan fingerprint density at radius 2 is 2.37 bits per heavy atom. The van der Waals surface area contributed by atoms with Gasteiger partial charge >= 0.3 is 133 Å². The Morgan fingerprint density at radius 1 is 1.53 bits per heavy atom. The molecule has 1 saturated heterocycles. The van der Waals surface area contributed by atoms with Crippen molar-refractivity contribution >= 4 is 11.8 Å². The van der Waals surface area contributed by atoms with E-state index in [4.69, 9.17) is 12.9 Å². The molecule has 0 aromatic carbocycles. The van der Waals surface area contributed by atoms with Gasteiger partial charge < -0.3 is 0 Å². The van der Waals surface area contributed by atoms with Gasteiger partial charge in [-0.2, -0.15) is 0 Å². The second-order valence-corrected chi connectivity index (χ2v) is 8.85. The van der Waals surface area contributed by atoms with Crippen LogP contribution in [0.25, 0.3) is 0 Å². The molecule has 0 aromatic rings. The second kappa shape index (κ2) is 10.7. The number of aliphatic hydroxyl groups excluding tert-OH is 1. The van der Waals surface area contributed by atoms with E-state index < -0.39 is 0 Å². The van der Waals surface area contributed by atoms with Crippen molar-refractivity contribution in [1.82, 2.24) is 0 Å². The SMILES string of the molecule is CCC(C)(CCO)COCCCSC1CCC[I-]O1. The molecule has 2 atom stereocenters. The molecule has 3 nitrogen and oxygen atoms in total. The molecular weight excluding hydrogens is 375 g/mol. The van der Waals surface area contributed by atoms with E-state index >= 15 is 0 Å². The molecule has 1 rings (SSSR count). The number of hydrogen-bond acceptors (Lipinski definition) is 4. The van der Waals surface area contributed by atoms with Gasteiger partial charge in [-0.15, -0.1) is 0 Å². The maximum absolute atomic E-state index is 9.05. The summed E-state index contributed by atoms with van der Waals surface area (Å²) < 4.78 is 12.9. The van der Waals surface area contributed by atoms with Gasteiger partial charge in [0, 0.05) is 0 Å². The topological polar surface area (TPSA) is 38.7 Å². The number of rotatable bonds is 10. The van der Waals surface area contributed by atoms with Gasteiger partial charge in [-0.3, -0.25) is 0 Å². The zero-order valence-corrected chi connectivity index (χ0v) is 15.2. The van der Waals surface area contributed by atoms with E-state index in [1.807, 2.05) is 11.8 Å². The number of aliphatic hydroxyl groups is 1. The van der Waals surface area contributed by atoms with Crippen molar-refractivity contribution in [2.75, 3.05) is 30.0 Å². The standard InChI is InChI=1S/C14H28IO3S/c1-3-14(2,7-9-16)12-17-10-5-11-19-13-6-4-8-15-18-13/h13,16H,3-12H2,1-2H3/q-1. The summed E-state index contributed by atoms with van der Waals surface area (Å²) in [4.78, 5) is 0. The van der Waals surface area contributed by atoms with Gasteiger partial charge in [0.2, 0.25) is 0 Å². The van der Waals surface area contributed by atoms with Crippen LogP contribution in [-0.2, 0) is 7.80 Å². The van der Waals surface area contributed by atoms with Gasteiger partial charge in [0.05, 0.1) is 0 Å². The summed E-state index contributed by atoms with van der Waals surface area (Å²) in [5.74, 6) is 1.14. The van der Waals surface area contributed by atoms with Gasteiger partial charge in [0.1, 0.15) is 0 Å². The van der Waals surface area contributed by atoms with Crippen molar-refractivity contribution < 1.29 is 34.5 Å². The summed E-state index contributed by atoms with van der Waals surface area (Å²) in [6.45, 7) is 6.21. The van der Waals surface area contributed by atoms with E-state index in [0.29, 0.717) is 5.44 Å². The first-order valence-corrected chi connectivity index (χ1v) is 10.7. The van der Waals surface area contributed by atoms with Crippen molar-refractivity contribution in [1.29, 1.82) is 0 Å². The van der Waals surface area contributed by atoms with Gasteiger partial charge in [-0.1, -0.05) is 0 Å². The molecule has 0 radical (unpaired) electrons. The summed E-state index contributed by atoms with van der Waals surface area (Å²) >= 11 is 2.00. The van der Waals surface area contributed by atoms with Crippen LogP contribution in [-0.4, -0.2) is 40.5 Å². The Morgan fingerprint density at radius 3 is 3.00 bits per heavy atom. The zero-order valence-electron chi connectivity index (χ0n) is 12.2. The molecular formula is C14H28IO3S-. The Kier molecular flexibility index (Phi) is 10.1. The fourth-order valence-electron chi connectivity index (χ4n) is 1.88. The number of halogens is 1. The van der Waals surface area contributed by atoms with Crippen molar-refractivity contribution in [3.63, 3.8) is 0 Å². The molecule has 1 heterocycles. The number of ether oxygens (including phenoxy) is 1.